The van der Waals surface area contributed by atoms with Crippen molar-refractivity contribution in [2.45, 2.75) is 36.1 Å². The average Bonchev–Trinajstić information content (AvgIpc) is 3.09. The van der Waals surface area contributed by atoms with Gasteiger partial charge in [-0.1, -0.05) is 30.3 Å². The molecule has 0 spiro atoms. The molecule has 3 atom stereocenters. The molecule has 2 aliphatic heterocycles. The number of amides is 1. The third-order valence-electron chi connectivity index (χ3n) is 4.50. The normalized spacial score (nSPS) is 28.5. The Morgan fingerprint density at radius 1 is 1.42 bits per heavy atom. The lowest BCUT2D eigenvalue weighted by Gasteiger charge is -2.36. The second-order valence-electron chi connectivity index (χ2n) is 6.26. The molecule has 2 aromatic rings. The van der Waals surface area contributed by atoms with Crippen molar-refractivity contribution >= 4 is 23.6 Å². The molecule has 1 aromatic heterocycles. The molecule has 1 N–H and O–H groups in total. The van der Waals surface area contributed by atoms with Gasteiger partial charge in [-0.3, -0.25) is 4.79 Å². The Labute approximate surface area is 142 Å². The van der Waals surface area contributed by atoms with Gasteiger partial charge < -0.3 is 10.0 Å². The first-order valence-corrected chi connectivity index (χ1v) is 8.53. The van der Waals surface area contributed by atoms with Crippen molar-refractivity contribution in [3.05, 3.63) is 36.5 Å². The molecule has 1 aromatic carbocycles. The predicted octanol–water partition coefficient (Wildman–Crippen LogP) is 1.46. The van der Waals surface area contributed by atoms with Gasteiger partial charge in [0.2, 0.25) is 5.91 Å². The van der Waals surface area contributed by atoms with E-state index in [1.807, 2.05) is 37.3 Å². The molecule has 0 aliphatic carbocycles. The zero-order valence-electron chi connectivity index (χ0n) is 13.0. The first-order chi connectivity index (χ1) is 11.5. The molecular weight excluding hydrogens is 328 g/mol. The number of hydrogen-bond acceptors (Lipinski definition) is 5. The number of carboxylic acids is 1. The average molecular weight is 344 g/mol. The van der Waals surface area contributed by atoms with Crippen molar-refractivity contribution < 1.29 is 14.7 Å². The van der Waals surface area contributed by atoms with Crippen LogP contribution in [0.4, 0.5) is 0 Å². The Balaban J connectivity index is 1.59. The minimum atomic E-state index is -0.976. The van der Waals surface area contributed by atoms with Gasteiger partial charge in [-0.2, -0.15) is 15.0 Å². The zero-order chi connectivity index (χ0) is 16.9. The molecule has 0 saturated carbocycles. The summed E-state index contributed by atoms with van der Waals surface area (Å²) in [6.07, 6.45) is 2.08. The van der Waals surface area contributed by atoms with Crippen LogP contribution in [-0.2, 0) is 16.1 Å². The van der Waals surface area contributed by atoms with Crippen molar-refractivity contribution in [2.75, 3.05) is 0 Å². The van der Waals surface area contributed by atoms with E-state index in [2.05, 4.69) is 10.2 Å². The number of rotatable bonds is 4. The van der Waals surface area contributed by atoms with Crippen molar-refractivity contribution in [3.8, 4) is 11.3 Å². The van der Waals surface area contributed by atoms with Gasteiger partial charge >= 0.3 is 5.97 Å². The number of hydrogen-bond donors (Lipinski definition) is 1. The minimum absolute atomic E-state index is 0.0484. The van der Waals surface area contributed by atoms with E-state index < -0.39 is 16.8 Å². The van der Waals surface area contributed by atoms with Gasteiger partial charge in [-0.25, -0.2) is 4.79 Å². The van der Waals surface area contributed by atoms with E-state index in [9.17, 15) is 14.7 Å². The Kier molecular flexibility index (Phi) is 3.38. The summed E-state index contributed by atoms with van der Waals surface area (Å²) in [4.78, 5) is 26.5. The fraction of sp³-hybridized carbons (Fsp3) is 0.375. The predicted molar refractivity (Wildman–Crippen MR) is 88.1 cm³/mol. The Hall–Kier alpha value is -2.35. The van der Waals surface area contributed by atoms with Gasteiger partial charge in [0.15, 0.2) is 0 Å². The summed E-state index contributed by atoms with van der Waals surface area (Å²) in [5, 5.41) is 18.3. The lowest BCUT2D eigenvalue weighted by Crippen LogP contribution is -2.58. The van der Waals surface area contributed by atoms with Crippen molar-refractivity contribution in [1.29, 1.82) is 0 Å². The van der Waals surface area contributed by atoms with E-state index in [1.54, 1.807) is 6.20 Å². The molecule has 3 unspecified atom stereocenters. The molecule has 2 fully saturated rings. The van der Waals surface area contributed by atoms with Crippen LogP contribution < -0.4 is 0 Å². The van der Waals surface area contributed by atoms with Gasteiger partial charge in [0.1, 0.15) is 11.7 Å². The molecule has 0 bridgehead atoms. The summed E-state index contributed by atoms with van der Waals surface area (Å²) >= 11 is 1.53. The van der Waals surface area contributed by atoms with Crippen LogP contribution in [0.1, 0.15) is 13.3 Å². The highest BCUT2D eigenvalue weighted by Gasteiger charge is 2.61. The smallest absolute Gasteiger partial charge is 0.327 e. The molecule has 7 nitrogen and oxygen atoms in total. The van der Waals surface area contributed by atoms with Gasteiger partial charge in [-0.15, -0.1) is 11.8 Å². The Morgan fingerprint density at radius 2 is 2.17 bits per heavy atom. The fourth-order valence-electron chi connectivity index (χ4n) is 3.38. The minimum Gasteiger partial charge on any atom is -0.480 e. The first kappa shape index (κ1) is 15.2. The number of carbonyl (C=O) groups excluding carboxylic acids is 1. The maximum absolute atomic E-state index is 11.8. The summed E-state index contributed by atoms with van der Waals surface area (Å²) in [5.74, 6) is -1.07. The van der Waals surface area contributed by atoms with Crippen molar-refractivity contribution in [2.24, 2.45) is 0 Å². The lowest BCUT2D eigenvalue weighted by atomic mass is 9.96. The van der Waals surface area contributed by atoms with E-state index in [-0.39, 0.29) is 11.3 Å². The van der Waals surface area contributed by atoms with E-state index in [1.165, 1.54) is 21.5 Å². The van der Waals surface area contributed by atoms with E-state index in [0.29, 0.717) is 13.0 Å². The number of nitrogens with zero attached hydrogens (tertiary/aromatic N) is 4. The standard InChI is InChI=1S/C16H16N4O3S/c1-16(14(15(22)23)20-12(21)7-13(20)24-16)9-19-17-8-11(18-19)10-5-3-2-4-6-10/h2-6,8,13-14H,7,9H2,1H3,(H,22,23). The second kappa shape index (κ2) is 5.34. The first-order valence-electron chi connectivity index (χ1n) is 7.65. The molecule has 24 heavy (non-hydrogen) atoms. The van der Waals surface area contributed by atoms with Crippen molar-refractivity contribution in [3.63, 3.8) is 0 Å². The monoisotopic (exact) mass is 344 g/mol. The molecular formula is C16H16N4O3S. The number of β-lactam (4-membered cyclic amide) rings is 1. The maximum atomic E-state index is 11.8. The molecule has 124 valence electrons. The number of carbonyl (C=O) groups is 2. The third kappa shape index (κ3) is 2.29. The van der Waals surface area contributed by atoms with Gasteiger partial charge in [0.05, 0.1) is 29.3 Å². The number of carboxylic acid groups (broad SMARTS) is 1. The SMILES string of the molecule is CC1(Cn2ncc(-c3ccccc3)n2)SC2CC(=O)N2C1C(=O)O. The number of fused-ring (bicyclic) bond motifs is 1. The highest BCUT2D eigenvalue weighted by molar-refractivity contribution is 8.01. The van der Waals surface area contributed by atoms with Crippen LogP contribution in [0.3, 0.4) is 0 Å². The van der Waals surface area contributed by atoms with Crippen LogP contribution in [0.25, 0.3) is 11.3 Å². The number of aromatic nitrogens is 3. The van der Waals surface area contributed by atoms with Crippen LogP contribution in [0.5, 0.6) is 0 Å². The number of benzene rings is 1. The molecule has 2 saturated heterocycles. The fourth-order valence-corrected chi connectivity index (χ4v) is 5.11. The molecule has 0 radical (unpaired) electrons. The van der Waals surface area contributed by atoms with Gasteiger partial charge in [0.25, 0.3) is 0 Å². The van der Waals surface area contributed by atoms with Crippen LogP contribution in [0.2, 0.25) is 0 Å². The summed E-state index contributed by atoms with van der Waals surface area (Å²) in [7, 11) is 0. The maximum Gasteiger partial charge on any atom is 0.327 e. The molecule has 8 heteroatoms. The van der Waals surface area contributed by atoms with Crippen molar-refractivity contribution in [1.82, 2.24) is 19.9 Å². The number of thioether (sulfide) groups is 1. The highest BCUT2D eigenvalue weighted by Crippen LogP contribution is 2.51. The summed E-state index contributed by atoms with van der Waals surface area (Å²) in [6.45, 7) is 2.20. The van der Waals surface area contributed by atoms with Crippen LogP contribution in [0, 0.1) is 0 Å². The van der Waals surface area contributed by atoms with E-state index in [0.717, 1.165) is 11.3 Å². The largest absolute Gasteiger partial charge is 0.480 e. The third-order valence-corrected chi connectivity index (χ3v) is 6.06. The summed E-state index contributed by atoms with van der Waals surface area (Å²) < 4.78 is -0.657. The molecule has 4 rings (SSSR count). The summed E-state index contributed by atoms with van der Waals surface area (Å²) in [6, 6.07) is 8.85. The summed E-state index contributed by atoms with van der Waals surface area (Å²) in [5.41, 5.74) is 1.70. The quantitative estimate of drug-likeness (QED) is 0.845. The van der Waals surface area contributed by atoms with Gasteiger partial charge in [-0.05, 0) is 6.92 Å². The van der Waals surface area contributed by atoms with Crippen LogP contribution in [-0.4, -0.2) is 53.0 Å². The zero-order valence-corrected chi connectivity index (χ0v) is 13.8. The highest BCUT2D eigenvalue weighted by atomic mass is 32.2. The van der Waals surface area contributed by atoms with E-state index >= 15 is 0 Å². The topological polar surface area (TPSA) is 88.3 Å². The van der Waals surface area contributed by atoms with E-state index in [4.69, 9.17) is 0 Å². The Bertz CT molecular complexity index is 809. The number of aliphatic carboxylic acids is 1. The Morgan fingerprint density at radius 3 is 2.83 bits per heavy atom. The van der Waals surface area contributed by atoms with Gasteiger partial charge in [0, 0.05) is 5.56 Å². The lowest BCUT2D eigenvalue weighted by molar-refractivity contribution is -0.157. The molecule has 2 aliphatic rings. The molecule has 1 amide bonds. The molecule has 3 heterocycles. The van der Waals surface area contributed by atoms with Crippen LogP contribution in [0.15, 0.2) is 36.5 Å². The second-order valence-corrected chi connectivity index (χ2v) is 7.97. The van der Waals surface area contributed by atoms with Crippen LogP contribution >= 0.6 is 11.8 Å².